The zero-order valence-corrected chi connectivity index (χ0v) is 31.8. The van der Waals surface area contributed by atoms with E-state index in [0.717, 1.165) is 54.4 Å². The van der Waals surface area contributed by atoms with Crippen LogP contribution in [-0.2, 0) is 37.4 Å². The minimum absolute atomic E-state index is 0.0554. The fourth-order valence-corrected chi connectivity index (χ4v) is 7.58. The van der Waals surface area contributed by atoms with Crippen LogP contribution in [0, 0.1) is 6.92 Å². The molecule has 3 aromatic rings. The SMILES string of the molecule is CCC1(N(CCOC(C)=O)C(=O)c2ccccc2CCC(O)Cc2ccc(C)cc2C(=O)N(CCOC(C)=O)C(C)(C)c2ccccc2)CCCC1. The molecule has 1 aliphatic carbocycles. The van der Waals surface area contributed by atoms with Crippen molar-refractivity contribution in [3.63, 3.8) is 0 Å². The largest absolute Gasteiger partial charge is 0.464 e. The number of benzene rings is 3. The summed E-state index contributed by atoms with van der Waals surface area (Å²) < 4.78 is 10.6. The molecule has 1 fully saturated rings. The van der Waals surface area contributed by atoms with Crippen LogP contribution in [0.1, 0.15) is 116 Å². The number of hydrogen-bond donors (Lipinski definition) is 1. The third-order valence-corrected chi connectivity index (χ3v) is 10.6. The Labute approximate surface area is 309 Å². The summed E-state index contributed by atoms with van der Waals surface area (Å²) in [6.45, 7) is 11.4. The molecule has 1 N–H and O–H groups in total. The summed E-state index contributed by atoms with van der Waals surface area (Å²) in [4.78, 5) is 55.6. The number of aliphatic hydroxyl groups is 1. The van der Waals surface area contributed by atoms with Crippen LogP contribution in [0.3, 0.4) is 0 Å². The molecule has 0 heterocycles. The second kappa shape index (κ2) is 18.3. The Morgan fingerprint density at radius 2 is 1.42 bits per heavy atom. The molecule has 0 spiro atoms. The van der Waals surface area contributed by atoms with Crippen LogP contribution in [0.25, 0.3) is 0 Å². The summed E-state index contributed by atoms with van der Waals surface area (Å²) in [6, 6.07) is 23.0. The summed E-state index contributed by atoms with van der Waals surface area (Å²) in [5, 5.41) is 11.5. The molecule has 9 nitrogen and oxygen atoms in total. The maximum atomic E-state index is 14.5. The first kappa shape index (κ1) is 40.3. The summed E-state index contributed by atoms with van der Waals surface area (Å²) in [5.41, 5.74) is 3.50. The lowest BCUT2D eigenvalue weighted by Crippen LogP contribution is -2.51. The average Bonchev–Trinajstić information content (AvgIpc) is 3.61. The highest BCUT2D eigenvalue weighted by Gasteiger charge is 2.41. The van der Waals surface area contributed by atoms with Gasteiger partial charge in [0.2, 0.25) is 0 Å². The van der Waals surface area contributed by atoms with Gasteiger partial charge in [-0.15, -0.1) is 0 Å². The lowest BCUT2D eigenvalue weighted by molar-refractivity contribution is -0.142. The summed E-state index contributed by atoms with van der Waals surface area (Å²) in [5.74, 6) is -1.08. The Hall–Kier alpha value is -4.50. The van der Waals surface area contributed by atoms with Gasteiger partial charge in [0.25, 0.3) is 11.8 Å². The number of esters is 2. The number of aryl methyl sites for hydroxylation is 2. The van der Waals surface area contributed by atoms with E-state index < -0.39 is 17.6 Å². The van der Waals surface area contributed by atoms with Crippen molar-refractivity contribution < 1.29 is 33.8 Å². The Morgan fingerprint density at radius 3 is 2.06 bits per heavy atom. The second-order valence-electron chi connectivity index (χ2n) is 14.5. The summed E-state index contributed by atoms with van der Waals surface area (Å²) >= 11 is 0. The van der Waals surface area contributed by atoms with Crippen LogP contribution < -0.4 is 0 Å². The van der Waals surface area contributed by atoms with Crippen LogP contribution in [0.5, 0.6) is 0 Å². The number of ether oxygens (including phenoxy) is 2. The molecule has 0 aromatic heterocycles. The van der Waals surface area contributed by atoms with Gasteiger partial charge in [-0.25, -0.2) is 0 Å². The summed E-state index contributed by atoms with van der Waals surface area (Å²) in [6.07, 6.45) is 5.05. The predicted octanol–water partition coefficient (Wildman–Crippen LogP) is 7.20. The lowest BCUT2D eigenvalue weighted by atomic mass is 9.89. The zero-order chi connectivity index (χ0) is 37.9. The fourth-order valence-electron chi connectivity index (χ4n) is 7.58. The van der Waals surface area contributed by atoms with Gasteiger partial charge in [0.1, 0.15) is 13.2 Å². The number of amides is 2. The van der Waals surface area contributed by atoms with E-state index in [9.17, 15) is 24.3 Å². The molecule has 0 radical (unpaired) electrons. The van der Waals surface area contributed by atoms with Gasteiger partial charge >= 0.3 is 11.9 Å². The van der Waals surface area contributed by atoms with Crippen LogP contribution in [0.15, 0.2) is 72.8 Å². The van der Waals surface area contributed by atoms with Gasteiger partial charge in [0.05, 0.1) is 24.7 Å². The van der Waals surface area contributed by atoms with Crippen LogP contribution in [0.4, 0.5) is 0 Å². The number of nitrogens with zero attached hydrogens (tertiary/aromatic N) is 2. The zero-order valence-electron chi connectivity index (χ0n) is 31.8. The Morgan fingerprint density at radius 1 is 0.808 bits per heavy atom. The van der Waals surface area contributed by atoms with Crippen molar-refractivity contribution in [1.29, 1.82) is 0 Å². The van der Waals surface area contributed by atoms with Gasteiger partial charge in [-0.3, -0.25) is 19.2 Å². The third kappa shape index (κ3) is 10.1. The second-order valence-corrected chi connectivity index (χ2v) is 14.5. The Balaban J connectivity index is 1.55. The van der Waals surface area contributed by atoms with Crippen molar-refractivity contribution in [3.05, 3.63) is 106 Å². The maximum absolute atomic E-state index is 14.5. The number of rotatable bonds is 17. The minimum Gasteiger partial charge on any atom is -0.464 e. The first-order valence-electron chi connectivity index (χ1n) is 18.6. The molecule has 52 heavy (non-hydrogen) atoms. The van der Waals surface area contributed by atoms with Crippen molar-refractivity contribution in [2.75, 3.05) is 26.3 Å². The molecule has 0 aliphatic heterocycles. The van der Waals surface area contributed by atoms with Crippen molar-refractivity contribution in [2.24, 2.45) is 0 Å². The van der Waals surface area contributed by atoms with E-state index in [1.807, 2.05) is 98.5 Å². The normalized spacial score (nSPS) is 14.4. The number of carbonyl (C=O) groups is 4. The molecule has 1 aliphatic rings. The van der Waals surface area contributed by atoms with E-state index in [1.165, 1.54) is 13.8 Å². The number of carbonyl (C=O) groups excluding carboxylic acids is 4. The van der Waals surface area contributed by atoms with Gasteiger partial charge in [-0.1, -0.05) is 86.0 Å². The van der Waals surface area contributed by atoms with Gasteiger partial charge < -0.3 is 24.4 Å². The molecule has 2 amide bonds. The van der Waals surface area contributed by atoms with Crippen molar-refractivity contribution in [2.45, 2.75) is 110 Å². The number of aliphatic hydroxyl groups excluding tert-OH is 1. The molecule has 0 saturated heterocycles. The van der Waals surface area contributed by atoms with E-state index in [0.29, 0.717) is 30.5 Å². The Kier molecular flexibility index (Phi) is 14.2. The first-order chi connectivity index (χ1) is 24.8. The van der Waals surface area contributed by atoms with E-state index in [4.69, 9.17) is 9.47 Å². The summed E-state index contributed by atoms with van der Waals surface area (Å²) in [7, 11) is 0. The molecule has 1 unspecified atom stereocenters. The van der Waals surface area contributed by atoms with Crippen LogP contribution >= 0.6 is 0 Å². The highest BCUT2D eigenvalue weighted by Crippen LogP contribution is 2.39. The van der Waals surface area contributed by atoms with Crippen molar-refractivity contribution in [1.82, 2.24) is 9.80 Å². The van der Waals surface area contributed by atoms with Crippen LogP contribution in [0.2, 0.25) is 0 Å². The topological polar surface area (TPSA) is 113 Å². The lowest BCUT2D eigenvalue weighted by Gasteiger charge is -2.41. The number of hydrogen-bond acceptors (Lipinski definition) is 7. The van der Waals surface area contributed by atoms with E-state index >= 15 is 0 Å². The molecule has 280 valence electrons. The van der Waals surface area contributed by atoms with Gasteiger partial charge in [0, 0.05) is 30.5 Å². The Bertz CT molecular complexity index is 1680. The molecular weight excluding hydrogens is 656 g/mol. The van der Waals surface area contributed by atoms with E-state index in [1.54, 1.807) is 4.90 Å². The van der Waals surface area contributed by atoms with Gasteiger partial charge in [0.15, 0.2) is 0 Å². The monoisotopic (exact) mass is 712 g/mol. The minimum atomic E-state index is -0.786. The fraction of sp³-hybridized carbons (Fsp3) is 0.488. The van der Waals surface area contributed by atoms with Crippen LogP contribution in [-0.4, -0.2) is 76.6 Å². The molecule has 4 rings (SSSR count). The first-order valence-corrected chi connectivity index (χ1v) is 18.6. The van der Waals surface area contributed by atoms with Crippen molar-refractivity contribution >= 4 is 23.8 Å². The molecular formula is C43H56N2O7. The van der Waals surface area contributed by atoms with Crippen molar-refractivity contribution in [3.8, 4) is 0 Å². The highest BCUT2D eigenvalue weighted by atomic mass is 16.5. The smallest absolute Gasteiger partial charge is 0.302 e. The molecule has 9 heteroatoms. The van der Waals surface area contributed by atoms with E-state index in [-0.39, 0.29) is 49.5 Å². The standard InChI is InChI=1S/C43H56N2O7/c1-7-43(23-13-14-24-43)45(26-28-52-33(4)47)40(49)38-18-12-11-15-34(38)21-22-37(48)30-35-20-19-31(2)29-39(35)41(50)44(25-27-51-32(3)46)42(5,6)36-16-9-8-10-17-36/h8-12,15-20,29,37,48H,7,13-14,21-28,30H2,1-6H3. The van der Waals surface area contributed by atoms with E-state index in [2.05, 4.69) is 6.92 Å². The molecule has 0 bridgehead atoms. The van der Waals surface area contributed by atoms with Gasteiger partial charge in [-0.2, -0.15) is 0 Å². The molecule has 1 saturated carbocycles. The quantitative estimate of drug-likeness (QED) is 0.147. The highest BCUT2D eigenvalue weighted by molar-refractivity contribution is 5.97. The van der Waals surface area contributed by atoms with Gasteiger partial charge in [-0.05, 0) is 88.1 Å². The predicted molar refractivity (Wildman–Crippen MR) is 202 cm³/mol. The molecule has 1 atom stereocenters. The molecule has 3 aromatic carbocycles. The average molecular weight is 713 g/mol. The third-order valence-electron chi connectivity index (χ3n) is 10.6. The maximum Gasteiger partial charge on any atom is 0.302 e.